The molecule has 1 saturated heterocycles. The topological polar surface area (TPSA) is 41.1 Å². The Kier molecular flexibility index (Phi) is 3.94. The van der Waals surface area contributed by atoms with Crippen molar-refractivity contribution in [2.45, 2.75) is 39.3 Å². The van der Waals surface area contributed by atoms with Crippen molar-refractivity contribution in [1.29, 1.82) is 0 Å². The molecule has 0 amide bonds. The normalized spacial score (nSPS) is 25.0. The van der Waals surface area contributed by atoms with Crippen molar-refractivity contribution in [3.8, 4) is 0 Å². The summed E-state index contributed by atoms with van der Waals surface area (Å²) >= 11 is 0. The second-order valence-corrected chi connectivity index (χ2v) is 4.95. The van der Waals surface area contributed by atoms with Gasteiger partial charge >= 0.3 is 0 Å². The van der Waals surface area contributed by atoms with E-state index in [9.17, 15) is 0 Å². The van der Waals surface area contributed by atoms with Crippen LogP contribution in [0, 0.1) is 5.92 Å². The molecule has 1 aromatic rings. The van der Waals surface area contributed by atoms with Crippen LogP contribution in [0.25, 0.3) is 0 Å². The second kappa shape index (κ2) is 5.45. The monoisotopic (exact) mass is 234 g/mol. The molecule has 94 valence electrons. The first-order chi connectivity index (χ1) is 8.22. The van der Waals surface area contributed by atoms with Crippen LogP contribution in [0.15, 0.2) is 12.4 Å². The SMILES string of the molecule is CNCc1cnc(N2CCCC(C)C2C)cn1. The van der Waals surface area contributed by atoms with Gasteiger partial charge in [-0.2, -0.15) is 0 Å². The summed E-state index contributed by atoms with van der Waals surface area (Å²) in [5.74, 6) is 1.76. The van der Waals surface area contributed by atoms with Gasteiger partial charge in [0.1, 0.15) is 5.82 Å². The van der Waals surface area contributed by atoms with Crippen molar-refractivity contribution < 1.29 is 0 Å². The standard InChI is InChI=1S/C13H22N4/c1-10-5-4-6-17(11(10)2)13-9-15-12(7-14-3)8-16-13/h8-11,14H,4-7H2,1-3H3. The molecule has 1 aliphatic heterocycles. The van der Waals surface area contributed by atoms with Crippen LogP contribution in [0.1, 0.15) is 32.4 Å². The van der Waals surface area contributed by atoms with Gasteiger partial charge in [-0.3, -0.25) is 4.98 Å². The van der Waals surface area contributed by atoms with Gasteiger partial charge in [-0.05, 0) is 32.7 Å². The van der Waals surface area contributed by atoms with Crippen molar-refractivity contribution in [1.82, 2.24) is 15.3 Å². The molecule has 2 heterocycles. The van der Waals surface area contributed by atoms with Gasteiger partial charge in [-0.15, -0.1) is 0 Å². The summed E-state index contributed by atoms with van der Waals surface area (Å²) in [6, 6.07) is 0.563. The van der Waals surface area contributed by atoms with Crippen molar-refractivity contribution >= 4 is 5.82 Å². The number of nitrogens with zero attached hydrogens (tertiary/aromatic N) is 3. The van der Waals surface area contributed by atoms with Crippen LogP contribution in [0.5, 0.6) is 0 Å². The number of nitrogens with one attached hydrogen (secondary N) is 1. The molecule has 0 spiro atoms. The minimum Gasteiger partial charge on any atom is -0.352 e. The highest BCUT2D eigenvalue weighted by molar-refractivity contribution is 5.38. The fourth-order valence-electron chi connectivity index (χ4n) is 2.43. The van der Waals surface area contributed by atoms with E-state index in [1.54, 1.807) is 0 Å². The van der Waals surface area contributed by atoms with E-state index >= 15 is 0 Å². The largest absolute Gasteiger partial charge is 0.352 e. The van der Waals surface area contributed by atoms with Gasteiger partial charge in [0.25, 0.3) is 0 Å². The van der Waals surface area contributed by atoms with Crippen LogP contribution >= 0.6 is 0 Å². The average Bonchev–Trinajstić information content (AvgIpc) is 2.34. The summed E-state index contributed by atoms with van der Waals surface area (Å²) < 4.78 is 0. The Labute approximate surface area is 103 Å². The molecule has 1 N–H and O–H groups in total. The predicted molar refractivity (Wildman–Crippen MR) is 70.0 cm³/mol. The lowest BCUT2D eigenvalue weighted by Gasteiger charge is -2.38. The molecule has 2 atom stereocenters. The third-order valence-corrected chi connectivity index (χ3v) is 3.72. The molecular formula is C13H22N4. The van der Waals surface area contributed by atoms with E-state index in [0.29, 0.717) is 6.04 Å². The highest BCUT2D eigenvalue weighted by Gasteiger charge is 2.25. The Morgan fingerprint density at radius 2 is 2.18 bits per heavy atom. The summed E-state index contributed by atoms with van der Waals surface area (Å²) in [7, 11) is 1.92. The third-order valence-electron chi connectivity index (χ3n) is 3.72. The van der Waals surface area contributed by atoms with Gasteiger partial charge in [-0.1, -0.05) is 6.92 Å². The summed E-state index contributed by atoms with van der Waals surface area (Å²) in [5, 5.41) is 3.08. The number of rotatable bonds is 3. The number of aromatic nitrogens is 2. The molecule has 2 rings (SSSR count). The van der Waals surface area contributed by atoms with E-state index in [1.165, 1.54) is 12.8 Å². The summed E-state index contributed by atoms with van der Waals surface area (Å²) in [6.45, 7) is 6.48. The summed E-state index contributed by atoms with van der Waals surface area (Å²) in [4.78, 5) is 11.3. The molecule has 4 heteroatoms. The molecule has 4 nitrogen and oxygen atoms in total. The molecule has 0 bridgehead atoms. The van der Waals surface area contributed by atoms with Crippen LogP contribution in [0.4, 0.5) is 5.82 Å². The molecule has 1 aliphatic rings. The van der Waals surface area contributed by atoms with Gasteiger partial charge in [0, 0.05) is 19.1 Å². The minimum absolute atomic E-state index is 0.563. The maximum atomic E-state index is 4.53. The first-order valence-electron chi connectivity index (χ1n) is 6.44. The Bertz CT molecular complexity index is 349. The van der Waals surface area contributed by atoms with Crippen molar-refractivity contribution in [3.05, 3.63) is 18.1 Å². The van der Waals surface area contributed by atoms with Gasteiger partial charge < -0.3 is 10.2 Å². The number of piperidine rings is 1. The Balaban J connectivity index is 2.10. The minimum atomic E-state index is 0.563. The predicted octanol–water partition coefficient (Wildman–Crippen LogP) is 1.82. The average molecular weight is 234 g/mol. The maximum absolute atomic E-state index is 4.53. The van der Waals surface area contributed by atoms with E-state index in [1.807, 2.05) is 19.4 Å². The van der Waals surface area contributed by atoms with Crippen molar-refractivity contribution in [2.24, 2.45) is 5.92 Å². The number of hydrogen-bond acceptors (Lipinski definition) is 4. The van der Waals surface area contributed by atoms with E-state index in [4.69, 9.17) is 0 Å². The number of anilines is 1. The molecule has 2 unspecified atom stereocenters. The van der Waals surface area contributed by atoms with Crippen molar-refractivity contribution in [3.63, 3.8) is 0 Å². The molecule has 1 aromatic heterocycles. The van der Waals surface area contributed by atoms with Gasteiger partial charge in [0.15, 0.2) is 0 Å². The highest BCUT2D eigenvalue weighted by Crippen LogP contribution is 2.26. The smallest absolute Gasteiger partial charge is 0.147 e. The quantitative estimate of drug-likeness (QED) is 0.866. The van der Waals surface area contributed by atoms with Crippen LogP contribution < -0.4 is 10.2 Å². The lowest BCUT2D eigenvalue weighted by Crippen LogP contribution is -2.43. The van der Waals surface area contributed by atoms with Crippen LogP contribution in [0.3, 0.4) is 0 Å². The Morgan fingerprint density at radius 3 is 2.82 bits per heavy atom. The van der Waals surface area contributed by atoms with Gasteiger partial charge in [-0.25, -0.2) is 4.98 Å². The summed E-state index contributed by atoms with van der Waals surface area (Å²) in [5.41, 5.74) is 0.994. The lowest BCUT2D eigenvalue weighted by molar-refractivity contribution is 0.361. The van der Waals surface area contributed by atoms with Crippen molar-refractivity contribution in [2.75, 3.05) is 18.5 Å². The molecule has 17 heavy (non-hydrogen) atoms. The second-order valence-electron chi connectivity index (χ2n) is 4.95. The fourth-order valence-corrected chi connectivity index (χ4v) is 2.43. The zero-order valence-electron chi connectivity index (χ0n) is 11.0. The van der Waals surface area contributed by atoms with Crippen LogP contribution in [-0.4, -0.2) is 29.6 Å². The van der Waals surface area contributed by atoms with Gasteiger partial charge in [0.05, 0.1) is 18.1 Å². The molecule has 1 fully saturated rings. The third kappa shape index (κ3) is 2.75. The van der Waals surface area contributed by atoms with Gasteiger partial charge in [0.2, 0.25) is 0 Å². The first-order valence-corrected chi connectivity index (χ1v) is 6.44. The Morgan fingerprint density at radius 1 is 1.35 bits per heavy atom. The van der Waals surface area contributed by atoms with E-state index in [-0.39, 0.29) is 0 Å². The first kappa shape index (κ1) is 12.3. The Hall–Kier alpha value is -1.16. The van der Waals surface area contributed by atoms with E-state index in [2.05, 4.69) is 34.0 Å². The van der Waals surface area contributed by atoms with Crippen LogP contribution in [-0.2, 0) is 6.54 Å². The zero-order chi connectivity index (χ0) is 12.3. The molecular weight excluding hydrogens is 212 g/mol. The lowest BCUT2D eigenvalue weighted by atomic mass is 9.92. The zero-order valence-corrected chi connectivity index (χ0v) is 11.0. The molecule has 0 aromatic carbocycles. The van der Waals surface area contributed by atoms with E-state index in [0.717, 1.165) is 30.5 Å². The fraction of sp³-hybridized carbons (Fsp3) is 0.692. The van der Waals surface area contributed by atoms with Crippen LogP contribution in [0.2, 0.25) is 0 Å². The number of hydrogen-bond donors (Lipinski definition) is 1. The molecule has 0 aliphatic carbocycles. The molecule has 0 radical (unpaired) electrons. The molecule has 0 saturated carbocycles. The maximum Gasteiger partial charge on any atom is 0.147 e. The highest BCUT2D eigenvalue weighted by atomic mass is 15.2. The van der Waals surface area contributed by atoms with E-state index < -0.39 is 0 Å². The summed E-state index contributed by atoms with van der Waals surface area (Å²) in [6.07, 6.45) is 6.35.